The quantitative estimate of drug-likeness (QED) is 0.831. The van der Waals surface area contributed by atoms with E-state index >= 15 is 0 Å². The standard InChI is InChI=1S/C16H28N2O3/c1-11(2)15(19)17-13-8-12(16(20)21)9-18(10-13)14-6-4-3-5-7-14/h11-14H,3-10H2,1-2H3,(H,17,19)(H,20,21). The lowest BCUT2D eigenvalue weighted by Gasteiger charge is -2.42. The third kappa shape index (κ3) is 4.43. The SMILES string of the molecule is CC(C)C(=O)NC1CC(C(=O)O)CN(C2CCCCC2)C1. The largest absolute Gasteiger partial charge is 0.481 e. The first-order chi connectivity index (χ1) is 9.97. The molecule has 1 saturated heterocycles. The summed E-state index contributed by atoms with van der Waals surface area (Å²) in [5.74, 6) is -1.13. The van der Waals surface area contributed by atoms with Crippen molar-refractivity contribution in [1.82, 2.24) is 10.2 Å². The first-order valence-corrected chi connectivity index (χ1v) is 8.24. The van der Waals surface area contributed by atoms with Gasteiger partial charge in [0.2, 0.25) is 5.91 Å². The van der Waals surface area contributed by atoms with Crippen molar-refractivity contribution in [3.63, 3.8) is 0 Å². The summed E-state index contributed by atoms with van der Waals surface area (Å²) < 4.78 is 0. The summed E-state index contributed by atoms with van der Waals surface area (Å²) in [6, 6.07) is 0.469. The molecule has 2 atom stereocenters. The molecule has 2 aliphatic rings. The molecule has 0 bridgehead atoms. The van der Waals surface area contributed by atoms with Gasteiger partial charge in [0.25, 0.3) is 0 Å². The molecule has 1 amide bonds. The Hall–Kier alpha value is -1.10. The molecule has 0 spiro atoms. The van der Waals surface area contributed by atoms with Crippen molar-refractivity contribution in [3.8, 4) is 0 Å². The second-order valence-electron chi connectivity index (χ2n) is 6.88. The Morgan fingerprint density at radius 2 is 1.81 bits per heavy atom. The fourth-order valence-electron chi connectivity index (χ4n) is 3.53. The van der Waals surface area contributed by atoms with Gasteiger partial charge in [-0.1, -0.05) is 33.1 Å². The van der Waals surface area contributed by atoms with Crippen LogP contribution < -0.4 is 5.32 Å². The number of nitrogens with one attached hydrogen (secondary N) is 1. The van der Waals surface area contributed by atoms with E-state index in [0.29, 0.717) is 19.0 Å². The molecule has 2 N–H and O–H groups in total. The van der Waals surface area contributed by atoms with Crippen LogP contribution in [0.2, 0.25) is 0 Å². The molecule has 1 aliphatic heterocycles. The molecule has 0 aromatic heterocycles. The van der Waals surface area contributed by atoms with Gasteiger partial charge in [-0.25, -0.2) is 0 Å². The molecule has 0 aromatic rings. The van der Waals surface area contributed by atoms with Crippen molar-refractivity contribution in [2.75, 3.05) is 13.1 Å². The topological polar surface area (TPSA) is 69.6 Å². The molecule has 2 fully saturated rings. The third-order valence-electron chi connectivity index (χ3n) is 4.79. The number of amides is 1. The second kappa shape index (κ2) is 7.25. The predicted molar refractivity (Wildman–Crippen MR) is 81.0 cm³/mol. The summed E-state index contributed by atoms with van der Waals surface area (Å²) in [7, 11) is 0. The van der Waals surface area contributed by atoms with Crippen LogP contribution in [0, 0.1) is 11.8 Å². The van der Waals surface area contributed by atoms with E-state index in [1.807, 2.05) is 13.8 Å². The first-order valence-electron chi connectivity index (χ1n) is 8.24. The Bertz CT molecular complexity index is 378. The summed E-state index contributed by atoms with van der Waals surface area (Å²) in [5.41, 5.74) is 0. The molecule has 2 rings (SSSR count). The van der Waals surface area contributed by atoms with E-state index in [-0.39, 0.29) is 23.8 Å². The van der Waals surface area contributed by atoms with E-state index in [0.717, 1.165) is 19.4 Å². The van der Waals surface area contributed by atoms with Crippen LogP contribution in [0.1, 0.15) is 52.4 Å². The monoisotopic (exact) mass is 296 g/mol. The van der Waals surface area contributed by atoms with Crippen LogP contribution in [0.3, 0.4) is 0 Å². The minimum Gasteiger partial charge on any atom is -0.481 e. The molecule has 5 heteroatoms. The molecule has 0 radical (unpaired) electrons. The molecular weight excluding hydrogens is 268 g/mol. The lowest BCUT2D eigenvalue weighted by molar-refractivity contribution is -0.145. The highest BCUT2D eigenvalue weighted by molar-refractivity contribution is 5.78. The molecular formula is C16H28N2O3. The Kier molecular flexibility index (Phi) is 5.62. The van der Waals surface area contributed by atoms with Gasteiger partial charge in [0.15, 0.2) is 0 Å². The number of likely N-dealkylation sites (tertiary alicyclic amines) is 1. The van der Waals surface area contributed by atoms with Crippen LogP contribution in [0.4, 0.5) is 0 Å². The van der Waals surface area contributed by atoms with Gasteiger partial charge in [-0.2, -0.15) is 0 Å². The second-order valence-corrected chi connectivity index (χ2v) is 6.88. The molecule has 1 heterocycles. The fourth-order valence-corrected chi connectivity index (χ4v) is 3.53. The number of aliphatic carboxylic acids is 1. The Morgan fingerprint density at radius 3 is 2.38 bits per heavy atom. The van der Waals surface area contributed by atoms with E-state index < -0.39 is 5.97 Å². The number of carboxylic acids is 1. The Labute approximate surface area is 127 Å². The zero-order chi connectivity index (χ0) is 15.4. The van der Waals surface area contributed by atoms with Crippen LogP contribution in [0.5, 0.6) is 0 Å². The number of nitrogens with zero attached hydrogens (tertiary/aromatic N) is 1. The number of piperidine rings is 1. The van der Waals surface area contributed by atoms with E-state index in [2.05, 4.69) is 10.2 Å². The number of carbonyl (C=O) groups excluding carboxylic acids is 1. The van der Waals surface area contributed by atoms with Crippen LogP contribution >= 0.6 is 0 Å². The summed E-state index contributed by atoms with van der Waals surface area (Å²) in [4.78, 5) is 25.6. The maximum Gasteiger partial charge on any atom is 0.307 e. The van der Waals surface area contributed by atoms with Gasteiger partial charge in [-0.3, -0.25) is 14.5 Å². The molecule has 0 aromatic carbocycles. The molecule has 120 valence electrons. The average Bonchev–Trinajstić information content (AvgIpc) is 2.47. The minimum atomic E-state index is -0.737. The van der Waals surface area contributed by atoms with Crippen molar-refractivity contribution < 1.29 is 14.7 Å². The summed E-state index contributed by atoms with van der Waals surface area (Å²) in [5, 5.41) is 12.4. The van der Waals surface area contributed by atoms with Crippen molar-refractivity contribution in [2.24, 2.45) is 11.8 Å². The number of hydrogen-bond donors (Lipinski definition) is 2. The summed E-state index contributed by atoms with van der Waals surface area (Å²) >= 11 is 0. The van der Waals surface area contributed by atoms with Crippen molar-refractivity contribution in [3.05, 3.63) is 0 Å². The molecule has 1 saturated carbocycles. The Morgan fingerprint density at radius 1 is 1.14 bits per heavy atom. The summed E-state index contributed by atoms with van der Waals surface area (Å²) in [6.45, 7) is 5.17. The highest BCUT2D eigenvalue weighted by Crippen LogP contribution is 2.27. The van der Waals surface area contributed by atoms with E-state index in [9.17, 15) is 14.7 Å². The highest BCUT2D eigenvalue weighted by Gasteiger charge is 2.35. The van der Waals surface area contributed by atoms with Gasteiger partial charge < -0.3 is 10.4 Å². The van der Waals surface area contributed by atoms with Crippen molar-refractivity contribution in [1.29, 1.82) is 0 Å². The zero-order valence-corrected chi connectivity index (χ0v) is 13.2. The van der Waals surface area contributed by atoms with Crippen LogP contribution in [0.15, 0.2) is 0 Å². The van der Waals surface area contributed by atoms with Crippen LogP contribution in [-0.4, -0.2) is 47.1 Å². The van der Waals surface area contributed by atoms with Gasteiger partial charge in [-0.15, -0.1) is 0 Å². The predicted octanol–water partition coefficient (Wildman–Crippen LogP) is 1.87. The van der Waals surface area contributed by atoms with Crippen LogP contribution in [-0.2, 0) is 9.59 Å². The third-order valence-corrected chi connectivity index (χ3v) is 4.79. The number of rotatable bonds is 4. The van der Waals surface area contributed by atoms with Gasteiger partial charge >= 0.3 is 5.97 Å². The average molecular weight is 296 g/mol. The van der Waals surface area contributed by atoms with E-state index in [1.165, 1.54) is 19.3 Å². The zero-order valence-electron chi connectivity index (χ0n) is 13.2. The first kappa shape index (κ1) is 16.3. The number of hydrogen-bond acceptors (Lipinski definition) is 3. The molecule has 2 unspecified atom stereocenters. The van der Waals surface area contributed by atoms with Crippen molar-refractivity contribution >= 4 is 11.9 Å². The number of carbonyl (C=O) groups is 2. The smallest absolute Gasteiger partial charge is 0.307 e. The maximum atomic E-state index is 11.9. The lowest BCUT2D eigenvalue weighted by atomic mass is 9.88. The lowest BCUT2D eigenvalue weighted by Crippen LogP contribution is -2.55. The minimum absolute atomic E-state index is 0.0228. The highest BCUT2D eigenvalue weighted by atomic mass is 16.4. The van der Waals surface area contributed by atoms with Gasteiger partial charge in [0, 0.05) is 31.1 Å². The fraction of sp³-hybridized carbons (Fsp3) is 0.875. The van der Waals surface area contributed by atoms with Gasteiger partial charge in [-0.05, 0) is 19.3 Å². The van der Waals surface area contributed by atoms with E-state index in [1.54, 1.807) is 0 Å². The molecule has 1 aliphatic carbocycles. The van der Waals surface area contributed by atoms with E-state index in [4.69, 9.17) is 0 Å². The van der Waals surface area contributed by atoms with Gasteiger partial charge in [0.05, 0.1) is 5.92 Å². The van der Waals surface area contributed by atoms with Crippen molar-refractivity contribution in [2.45, 2.75) is 64.5 Å². The van der Waals surface area contributed by atoms with Crippen LogP contribution in [0.25, 0.3) is 0 Å². The molecule has 5 nitrogen and oxygen atoms in total. The number of carboxylic acid groups (broad SMARTS) is 1. The maximum absolute atomic E-state index is 11.9. The normalized spacial score (nSPS) is 28.5. The Balaban J connectivity index is 2.00. The summed E-state index contributed by atoms with van der Waals surface area (Å²) in [6.07, 6.45) is 6.65. The molecule has 21 heavy (non-hydrogen) atoms. The van der Waals surface area contributed by atoms with Gasteiger partial charge in [0.1, 0.15) is 0 Å².